The van der Waals surface area contributed by atoms with E-state index in [2.05, 4.69) is 10.3 Å². The highest BCUT2D eigenvalue weighted by Gasteiger charge is 2.23. The molecular formula is C11H19N3O4. The maximum Gasteiger partial charge on any atom is 0.360 e. The lowest BCUT2D eigenvalue weighted by Gasteiger charge is -2.12. The molecule has 18 heavy (non-hydrogen) atoms. The van der Waals surface area contributed by atoms with E-state index in [0.717, 1.165) is 0 Å². The number of rotatable bonds is 6. The van der Waals surface area contributed by atoms with Crippen molar-refractivity contribution in [2.24, 2.45) is 0 Å². The zero-order chi connectivity index (χ0) is 13.7. The summed E-state index contributed by atoms with van der Waals surface area (Å²) in [5, 5.41) is 25.8. The molecule has 1 heterocycles. The predicted molar refractivity (Wildman–Crippen MR) is 63.2 cm³/mol. The number of aliphatic hydroxyl groups is 2. The summed E-state index contributed by atoms with van der Waals surface area (Å²) in [6, 6.07) is 0. The number of ether oxygens (including phenoxy) is 1. The largest absolute Gasteiger partial charge is 0.461 e. The summed E-state index contributed by atoms with van der Waals surface area (Å²) in [7, 11) is 0. The summed E-state index contributed by atoms with van der Waals surface area (Å²) >= 11 is 0. The fraction of sp³-hybridized carbons (Fsp3) is 0.727. The lowest BCUT2D eigenvalue weighted by Crippen LogP contribution is -2.23. The first-order valence-electron chi connectivity index (χ1n) is 5.90. The van der Waals surface area contributed by atoms with E-state index < -0.39 is 12.1 Å². The third-order valence-corrected chi connectivity index (χ3v) is 2.38. The van der Waals surface area contributed by atoms with E-state index in [4.69, 9.17) is 9.84 Å². The molecule has 1 unspecified atom stereocenters. The lowest BCUT2D eigenvalue weighted by atomic mass is 10.1. The quantitative estimate of drug-likeness (QED) is 0.692. The molecule has 0 spiro atoms. The monoisotopic (exact) mass is 257 g/mol. The number of esters is 1. The molecule has 7 nitrogen and oxygen atoms in total. The maximum atomic E-state index is 11.7. The second-order valence-corrected chi connectivity index (χ2v) is 4.22. The van der Waals surface area contributed by atoms with Crippen LogP contribution in [0.3, 0.4) is 0 Å². The van der Waals surface area contributed by atoms with E-state index in [9.17, 15) is 9.90 Å². The van der Waals surface area contributed by atoms with E-state index >= 15 is 0 Å². The molecule has 1 atom stereocenters. The summed E-state index contributed by atoms with van der Waals surface area (Å²) in [6.07, 6.45) is -0.931. The van der Waals surface area contributed by atoms with Gasteiger partial charge in [0.2, 0.25) is 0 Å². The predicted octanol–water partition coefficient (Wildman–Crippen LogP) is -0.0686. The van der Waals surface area contributed by atoms with Crippen LogP contribution in [-0.2, 0) is 11.3 Å². The Morgan fingerprint density at radius 3 is 2.67 bits per heavy atom. The second-order valence-electron chi connectivity index (χ2n) is 4.22. The number of aromatic nitrogens is 3. The van der Waals surface area contributed by atoms with Gasteiger partial charge in [-0.05, 0) is 12.8 Å². The molecule has 0 aliphatic carbocycles. The van der Waals surface area contributed by atoms with Crippen LogP contribution >= 0.6 is 0 Å². The van der Waals surface area contributed by atoms with Crippen molar-refractivity contribution in [3.05, 3.63) is 11.4 Å². The fourth-order valence-corrected chi connectivity index (χ4v) is 1.63. The summed E-state index contributed by atoms with van der Waals surface area (Å²) in [5.74, 6) is -0.517. The summed E-state index contributed by atoms with van der Waals surface area (Å²) < 4.78 is 6.33. The van der Waals surface area contributed by atoms with Crippen LogP contribution in [-0.4, -0.2) is 50.5 Å². The molecule has 0 amide bonds. The van der Waals surface area contributed by atoms with Gasteiger partial charge in [0.05, 0.1) is 31.6 Å². The van der Waals surface area contributed by atoms with Gasteiger partial charge in [0.15, 0.2) is 5.69 Å². The van der Waals surface area contributed by atoms with Crippen LogP contribution in [0.4, 0.5) is 0 Å². The van der Waals surface area contributed by atoms with Gasteiger partial charge in [-0.3, -0.25) is 0 Å². The third kappa shape index (κ3) is 3.27. The van der Waals surface area contributed by atoms with Gasteiger partial charge >= 0.3 is 5.97 Å². The van der Waals surface area contributed by atoms with Crippen molar-refractivity contribution in [1.29, 1.82) is 0 Å². The molecule has 0 aliphatic heterocycles. The molecule has 0 aromatic carbocycles. The van der Waals surface area contributed by atoms with E-state index in [-0.39, 0.29) is 31.4 Å². The molecule has 1 rings (SSSR count). The highest BCUT2D eigenvalue weighted by Crippen LogP contribution is 2.18. The van der Waals surface area contributed by atoms with Gasteiger partial charge in [-0.15, -0.1) is 5.10 Å². The number of nitrogens with zero attached hydrogens (tertiary/aromatic N) is 3. The highest BCUT2D eigenvalue weighted by atomic mass is 16.5. The first-order valence-corrected chi connectivity index (χ1v) is 5.90. The summed E-state index contributed by atoms with van der Waals surface area (Å²) in [4.78, 5) is 11.7. The Kier molecular flexibility index (Phi) is 5.24. The minimum Gasteiger partial charge on any atom is -0.461 e. The number of hydrogen-bond donors (Lipinski definition) is 2. The highest BCUT2D eigenvalue weighted by molar-refractivity contribution is 5.88. The van der Waals surface area contributed by atoms with E-state index in [1.165, 1.54) is 4.68 Å². The molecular weight excluding hydrogens is 238 g/mol. The fourth-order valence-electron chi connectivity index (χ4n) is 1.63. The van der Waals surface area contributed by atoms with Crippen LogP contribution in [0.2, 0.25) is 0 Å². The Balaban J connectivity index is 3.03. The first kappa shape index (κ1) is 14.6. The molecule has 0 fully saturated rings. The number of aliphatic hydroxyl groups excluding tert-OH is 2. The first-order chi connectivity index (χ1) is 8.51. The molecule has 2 N–H and O–H groups in total. The van der Waals surface area contributed by atoms with Gasteiger partial charge in [-0.1, -0.05) is 19.1 Å². The molecule has 0 aliphatic rings. The average Bonchev–Trinajstić information content (AvgIpc) is 2.73. The van der Waals surface area contributed by atoms with Gasteiger partial charge in [0.25, 0.3) is 0 Å². The van der Waals surface area contributed by atoms with Crippen molar-refractivity contribution in [1.82, 2.24) is 15.0 Å². The van der Waals surface area contributed by atoms with Gasteiger partial charge in [0.1, 0.15) is 0 Å². The molecule has 102 valence electrons. The minimum atomic E-state index is -0.931. The van der Waals surface area contributed by atoms with Crippen LogP contribution in [0.1, 0.15) is 42.9 Å². The van der Waals surface area contributed by atoms with Crippen molar-refractivity contribution in [3.8, 4) is 0 Å². The second kappa shape index (κ2) is 6.46. The molecule has 0 saturated carbocycles. The van der Waals surface area contributed by atoms with Crippen LogP contribution in [0, 0.1) is 0 Å². The SMILES string of the molecule is CCOC(=O)c1nnn(CC(O)CO)c1C(C)C. The van der Waals surface area contributed by atoms with Crippen molar-refractivity contribution < 1.29 is 19.7 Å². The Bertz CT molecular complexity index is 403. The van der Waals surface area contributed by atoms with E-state index in [1.54, 1.807) is 6.92 Å². The molecule has 1 aromatic rings. The number of carbonyl (C=O) groups excluding carboxylic acids is 1. The molecule has 7 heteroatoms. The van der Waals surface area contributed by atoms with Crippen molar-refractivity contribution in [2.45, 2.75) is 39.3 Å². The smallest absolute Gasteiger partial charge is 0.360 e. The van der Waals surface area contributed by atoms with Crippen molar-refractivity contribution >= 4 is 5.97 Å². The summed E-state index contributed by atoms with van der Waals surface area (Å²) in [6.45, 7) is 5.49. The molecule has 1 aromatic heterocycles. The van der Waals surface area contributed by atoms with Crippen LogP contribution < -0.4 is 0 Å². The average molecular weight is 257 g/mol. The maximum absolute atomic E-state index is 11.7. The Morgan fingerprint density at radius 2 is 2.17 bits per heavy atom. The standard InChI is InChI=1S/C11H19N3O4/c1-4-18-11(17)9-10(7(2)3)14(13-12-9)5-8(16)6-15/h7-8,15-16H,4-6H2,1-3H3. The Hall–Kier alpha value is -1.47. The topological polar surface area (TPSA) is 97.5 Å². The van der Waals surface area contributed by atoms with Crippen LogP contribution in [0.5, 0.6) is 0 Å². The number of carbonyl (C=O) groups is 1. The van der Waals surface area contributed by atoms with Crippen molar-refractivity contribution in [2.75, 3.05) is 13.2 Å². The molecule has 0 bridgehead atoms. The van der Waals surface area contributed by atoms with Crippen LogP contribution in [0.15, 0.2) is 0 Å². The Labute approximate surface area is 105 Å². The van der Waals surface area contributed by atoms with E-state index in [1.807, 2.05) is 13.8 Å². The normalized spacial score (nSPS) is 12.8. The zero-order valence-corrected chi connectivity index (χ0v) is 10.8. The van der Waals surface area contributed by atoms with Gasteiger partial charge in [-0.25, -0.2) is 9.48 Å². The Morgan fingerprint density at radius 1 is 1.50 bits per heavy atom. The molecule has 0 radical (unpaired) electrons. The van der Waals surface area contributed by atoms with Crippen molar-refractivity contribution in [3.63, 3.8) is 0 Å². The van der Waals surface area contributed by atoms with E-state index in [0.29, 0.717) is 5.69 Å². The third-order valence-electron chi connectivity index (χ3n) is 2.38. The zero-order valence-electron chi connectivity index (χ0n) is 10.8. The van der Waals surface area contributed by atoms with Crippen LogP contribution in [0.25, 0.3) is 0 Å². The lowest BCUT2D eigenvalue weighted by molar-refractivity contribution is 0.0516. The van der Waals surface area contributed by atoms with Gasteiger partial charge < -0.3 is 14.9 Å². The van der Waals surface area contributed by atoms with Gasteiger partial charge in [-0.2, -0.15) is 0 Å². The summed E-state index contributed by atoms with van der Waals surface area (Å²) in [5.41, 5.74) is 0.762. The minimum absolute atomic E-state index is 0.00491. The molecule has 0 saturated heterocycles. The van der Waals surface area contributed by atoms with Gasteiger partial charge in [0, 0.05) is 0 Å². The number of hydrogen-bond acceptors (Lipinski definition) is 6.